The summed E-state index contributed by atoms with van der Waals surface area (Å²) in [5.41, 5.74) is 1.82. The monoisotopic (exact) mass is 536 g/mol. The number of pyridine rings is 1. The first-order valence-electron chi connectivity index (χ1n) is 9.96. The van der Waals surface area contributed by atoms with E-state index in [4.69, 9.17) is 18.9 Å². The van der Waals surface area contributed by atoms with Crippen LogP contribution in [-0.4, -0.2) is 30.7 Å². The van der Waals surface area contributed by atoms with E-state index < -0.39 is 0 Å². The summed E-state index contributed by atoms with van der Waals surface area (Å²) >= 11 is 0. The molecule has 0 saturated carbocycles. The maximum atomic E-state index is 5.71. The Bertz CT molecular complexity index is 928. The fraction of sp³-hybridized carbons (Fsp3) is 0.304. The molecule has 31 heavy (non-hydrogen) atoms. The van der Waals surface area contributed by atoms with Gasteiger partial charge in [0.2, 0.25) is 5.88 Å². The van der Waals surface area contributed by atoms with Crippen molar-refractivity contribution in [3.8, 4) is 11.6 Å². The van der Waals surface area contributed by atoms with Crippen molar-refractivity contribution in [2.75, 3.05) is 19.0 Å². The standard InChI is InChI=1S/C23H28N4O3.HI/c1-17(2)30-21-10-8-19(9-11-21)27-23(25-14-12-20-7-5-15-29-20)26-16-18-6-4-13-24-22(18)28-3;/h4-11,13,15,17H,12,14,16H2,1-3H3,(H2,25,26,27);1H. The molecule has 3 aromatic rings. The van der Waals surface area contributed by atoms with Gasteiger partial charge in [0.1, 0.15) is 11.5 Å². The molecule has 0 aliphatic carbocycles. The number of anilines is 1. The fourth-order valence-corrected chi connectivity index (χ4v) is 2.82. The molecule has 8 heteroatoms. The number of hydrogen-bond acceptors (Lipinski definition) is 5. The average molecular weight is 536 g/mol. The summed E-state index contributed by atoms with van der Waals surface area (Å²) in [4.78, 5) is 8.93. The number of rotatable bonds is 9. The summed E-state index contributed by atoms with van der Waals surface area (Å²) in [7, 11) is 1.61. The van der Waals surface area contributed by atoms with Gasteiger partial charge in [0.15, 0.2) is 5.96 Å². The van der Waals surface area contributed by atoms with Gasteiger partial charge in [-0.2, -0.15) is 0 Å². The average Bonchev–Trinajstić information content (AvgIpc) is 3.26. The Kier molecular flexibility index (Phi) is 10.2. The van der Waals surface area contributed by atoms with Gasteiger partial charge in [-0.3, -0.25) is 0 Å². The molecule has 2 heterocycles. The number of furan rings is 1. The SMILES string of the molecule is COc1ncccc1CN=C(NCCc1ccco1)Nc1ccc(OC(C)C)cc1.I. The largest absolute Gasteiger partial charge is 0.491 e. The molecule has 0 unspecified atom stereocenters. The number of methoxy groups -OCH3 is 1. The Labute approximate surface area is 200 Å². The quantitative estimate of drug-likeness (QED) is 0.230. The van der Waals surface area contributed by atoms with E-state index in [2.05, 4.69) is 15.6 Å². The molecular weight excluding hydrogens is 507 g/mol. The van der Waals surface area contributed by atoms with Crippen molar-refractivity contribution in [3.05, 3.63) is 72.3 Å². The number of aliphatic imine (C=N–C) groups is 1. The molecular formula is C23H29IN4O3. The van der Waals surface area contributed by atoms with Gasteiger partial charge in [0.05, 0.1) is 26.0 Å². The molecule has 2 N–H and O–H groups in total. The summed E-state index contributed by atoms with van der Waals surface area (Å²) < 4.78 is 16.4. The van der Waals surface area contributed by atoms with E-state index in [1.165, 1.54) is 0 Å². The molecule has 1 aromatic carbocycles. The minimum Gasteiger partial charge on any atom is -0.491 e. The lowest BCUT2D eigenvalue weighted by molar-refractivity contribution is 0.242. The van der Waals surface area contributed by atoms with Gasteiger partial charge in [0, 0.05) is 30.4 Å². The van der Waals surface area contributed by atoms with Crippen LogP contribution in [0.4, 0.5) is 5.69 Å². The maximum absolute atomic E-state index is 5.71. The van der Waals surface area contributed by atoms with Crippen LogP contribution in [0.3, 0.4) is 0 Å². The summed E-state index contributed by atoms with van der Waals surface area (Å²) in [5.74, 6) is 2.99. The van der Waals surface area contributed by atoms with Gasteiger partial charge in [0.25, 0.3) is 0 Å². The topological polar surface area (TPSA) is 80.9 Å². The van der Waals surface area contributed by atoms with Crippen molar-refractivity contribution >= 4 is 35.6 Å². The Hall–Kier alpha value is -2.75. The molecule has 166 valence electrons. The smallest absolute Gasteiger partial charge is 0.218 e. The Morgan fingerprint density at radius 2 is 1.94 bits per heavy atom. The highest BCUT2D eigenvalue weighted by molar-refractivity contribution is 14.0. The molecule has 0 aliphatic rings. The molecule has 0 amide bonds. The lowest BCUT2D eigenvalue weighted by Gasteiger charge is -2.14. The zero-order chi connectivity index (χ0) is 21.2. The van der Waals surface area contributed by atoms with Crippen molar-refractivity contribution in [1.29, 1.82) is 0 Å². The molecule has 0 spiro atoms. The van der Waals surface area contributed by atoms with Crippen LogP contribution in [0.25, 0.3) is 0 Å². The van der Waals surface area contributed by atoms with Crippen molar-refractivity contribution in [1.82, 2.24) is 10.3 Å². The van der Waals surface area contributed by atoms with Crippen molar-refractivity contribution < 1.29 is 13.9 Å². The first-order valence-corrected chi connectivity index (χ1v) is 9.96. The molecule has 3 rings (SSSR count). The van der Waals surface area contributed by atoms with Crippen LogP contribution in [0.2, 0.25) is 0 Å². The van der Waals surface area contributed by atoms with Gasteiger partial charge < -0.3 is 24.5 Å². The highest BCUT2D eigenvalue weighted by Crippen LogP contribution is 2.18. The third-order valence-electron chi connectivity index (χ3n) is 4.18. The number of hydrogen-bond donors (Lipinski definition) is 2. The number of aromatic nitrogens is 1. The molecule has 0 atom stereocenters. The number of nitrogens with zero attached hydrogens (tertiary/aromatic N) is 2. The van der Waals surface area contributed by atoms with E-state index in [0.717, 1.165) is 29.2 Å². The van der Waals surface area contributed by atoms with Crippen LogP contribution in [0.1, 0.15) is 25.2 Å². The second kappa shape index (κ2) is 12.8. The van der Waals surface area contributed by atoms with Crippen LogP contribution < -0.4 is 20.1 Å². The second-order valence-corrected chi connectivity index (χ2v) is 6.91. The van der Waals surface area contributed by atoms with Gasteiger partial charge in [-0.05, 0) is 56.3 Å². The van der Waals surface area contributed by atoms with E-state index in [1.807, 2.05) is 62.4 Å². The first-order chi connectivity index (χ1) is 14.6. The van der Waals surface area contributed by atoms with Crippen LogP contribution in [0.15, 0.2) is 70.4 Å². The maximum Gasteiger partial charge on any atom is 0.218 e. The lowest BCUT2D eigenvalue weighted by atomic mass is 10.3. The fourth-order valence-electron chi connectivity index (χ4n) is 2.82. The number of benzene rings is 1. The molecule has 0 saturated heterocycles. The zero-order valence-electron chi connectivity index (χ0n) is 18.0. The molecule has 0 fully saturated rings. The van der Waals surface area contributed by atoms with E-state index in [1.54, 1.807) is 19.6 Å². The lowest BCUT2D eigenvalue weighted by Crippen LogP contribution is -2.32. The van der Waals surface area contributed by atoms with Gasteiger partial charge in [-0.1, -0.05) is 6.07 Å². The van der Waals surface area contributed by atoms with Gasteiger partial charge in [-0.25, -0.2) is 9.98 Å². The minimum absolute atomic E-state index is 0. The van der Waals surface area contributed by atoms with Crippen LogP contribution >= 0.6 is 24.0 Å². The zero-order valence-corrected chi connectivity index (χ0v) is 20.3. The third kappa shape index (κ3) is 8.12. The van der Waals surface area contributed by atoms with Crippen molar-refractivity contribution in [3.63, 3.8) is 0 Å². The second-order valence-electron chi connectivity index (χ2n) is 6.91. The van der Waals surface area contributed by atoms with E-state index >= 15 is 0 Å². The summed E-state index contributed by atoms with van der Waals surface area (Å²) in [5, 5.41) is 6.69. The predicted octanol–water partition coefficient (Wildman–Crippen LogP) is 4.89. The first kappa shape index (κ1) is 24.5. The van der Waals surface area contributed by atoms with E-state index in [-0.39, 0.29) is 30.1 Å². The molecule has 0 radical (unpaired) electrons. The number of halogens is 1. The molecule has 0 aliphatic heterocycles. The normalized spacial score (nSPS) is 11.0. The van der Waals surface area contributed by atoms with Crippen molar-refractivity contribution in [2.45, 2.75) is 32.9 Å². The van der Waals surface area contributed by atoms with Crippen LogP contribution in [0, 0.1) is 0 Å². The summed E-state index contributed by atoms with van der Waals surface area (Å²) in [6.07, 6.45) is 4.27. The Morgan fingerprint density at radius 1 is 1.13 bits per heavy atom. The van der Waals surface area contributed by atoms with Gasteiger partial charge in [-0.15, -0.1) is 24.0 Å². The summed E-state index contributed by atoms with van der Waals surface area (Å²) in [6.45, 7) is 5.12. The Morgan fingerprint density at radius 3 is 2.61 bits per heavy atom. The van der Waals surface area contributed by atoms with E-state index in [9.17, 15) is 0 Å². The highest BCUT2D eigenvalue weighted by Gasteiger charge is 2.06. The molecule has 2 aromatic heterocycles. The predicted molar refractivity (Wildman–Crippen MR) is 134 cm³/mol. The van der Waals surface area contributed by atoms with Crippen LogP contribution in [0.5, 0.6) is 11.6 Å². The Balaban J connectivity index is 0.00000341. The highest BCUT2D eigenvalue weighted by atomic mass is 127. The number of ether oxygens (including phenoxy) is 2. The summed E-state index contributed by atoms with van der Waals surface area (Å²) in [6, 6.07) is 15.5. The minimum atomic E-state index is 0. The van der Waals surface area contributed by atoms with Gasteiger partial charge >= 0.3 is 0 Å². The third-order valence-corrected chi connectivity index (χ3v) is 4.18. The van der Waals surface area contributed by atoms with Crippen molar-refractivity contribution in [2.24, 2.45) is 4.99 Å². The number of nitrogens with one attached hydrogen (secondary N) is 2. The molecule has 0 bridgehead atoms. The van der Waals surface area contributed by atoms with E-state index in [0.29, 0.717) is 24.9 Å². The number of guanidine groups is 1. The molecule has 7 nitrogen and oxygen atoms in total. The van der Waals surface area contributed by atoms with Crippen LogP contribution in [-0.2, 0) is 13.0 Å².